The Morgan fingerprint density at radius 2 is 2.28 bits per heavy atom. The summed E-state index contributed by atoms with van der Waals surface area (Å²) in [6, 6.07) is 9.31. The number of hydrogen-bond acceptors (Lipinski definition) is 4. The minimum Gasteiger partial charge on any atom is -0.480 e. The minimum absolute atomic E-state index is 0.209. The summed E-state index contributed by atoms with van der Waals surface area (Å²) >= 11 is 0. The van der Waals surface area contributed by atoms with Crippen LogP contribution < -0.4 is 10.1 Å². The van der Waals surface area contributed by atoms with Crippen LogP contribution in [0.25, 0.3) is 0 Å². The number of aryl methyl sites for hydroxylation is 1. The Labute approximate surface area is 104 Å². The molecule has 5 nitrogen and oxygen atoms in total. The van der Waals surface area contributed by atoms with Gasteiger partial charge in [0.1, 0.15) is 11.5 Å². The van der Waals surface area contributed by atoms with E-state index in [9.17, 15) is 4.79 Å². The SMILES string of the molecule is Cc1cc(NC(=O)[C@H]2Cc3ccccc3O2)no1. The predicted molar refractivity (Wildman–Crippen MR) is 64.4 cm³/mol. The van der Waals surface area contributed by atoms with E-state index in [1.54, 1.807) is 13.0 Å². The lowest BCUT2D eigenvalue weighted by atomic mass is 10.1. The third-order valence-electron chi connectivity index (χ3n) is 2.82. The molecule has 0 radical (unpaired) electrons. The zero-order valence-electron chi connectivity index (χ0n) is 9.84. The van der Waals surface area contributed by atoms with Crippen molar-refractivity contribution >= 4 is 11.7 Å². The molecule has 2 heterocycles. The molecule has 18 heavy (non-hydrogen) atoms. The highest BCUT2D eigenvalue weighted by Gasteiger charge is 2.29. The summed E-state index contributed by atoms with van der Waals surface area (Å²) in [6.07, 6.45) is 0.0816. The molecule has 0 saturated carbocycles. The van der Waals surface area contributed by atoms with Gasteiger partial charge in [-0.2, -0.15) is 0 Å². The molecule has 1 atom stereocenters. The Kier molecular flexibility index (Phi) is 2.51. The number of benzene rings is 1. The molecule has 2 aromatic rings. The molecule has 1 aliphatic heterocycles. The van der Waals surface area contributed by atoms with E-state index < -0.39 is 6.10 Å². The summed E-state index contributed by atoms with van der Waals surface area (Å²) in [5, 5.41) is 6.38. The summed E-state index contributed by atoms with van der Waals surface area (Å²) in [7, 11) is 0. The number of ether oxygens (including phenoxy) is 1. The molecule has 0 fully saturated rings. The van der Waals surface area contributed by atoms with Crippen LogP contribution in [0.2, 0.25) is 0 Å². The fourth-order valence-corrected chi connectivity index (χ4v) is 1.96. The highest BCUT2D eigenvalue weighted by atomic mass is 16.5. The molecule has 0 aliphatic carbocycles. The maximum atomic E-state index is 12.0. The summed E-state index contributed by atoms with van der Waals surface area (Å²) in [5.74, 6) is 1.63. The number of amides is 1. The largest absolute Gasteiger partial charge is 0.480 e. The molecule has 1 aliphatic rings. The molecule has 0 spiro atoms. The van der Waals surface area contributed by atoms with Gasteiger partial charge in [-0.25, -0.2) is 0 Å². The van der Waals surface area contributed by atoms with E-state index in [2.05, 4.69) is 10.5 Å². The third-order valence-corrected chi connectivity index (χ3v) is 2.82. The van der Waals surface area contributed by atoms with Gasteiger partial charge in [0.15, 0.2) is 11.9 Å². The van der Waals surface area contributed by atoms with Crippen molar-refractivity contribution in [2.45, 2.75) is 19.4 Å². The predicted octanol–water partition coefficient (Wildman–Crippen LogP) is 1.93. The van der Waals surface area contributed by atoms with E-state index in [0.717, 1.165) is 11.3 Å². The summed E-state index contributed by atoms with van der Waals surface area (Å²) < 4.78 is 10.5. The van der Waals surface area contributed by atoms with Gasteiger partial charge in [-0.05, 0) is 18.6 Å². The Morgan fingerprint density at radius 1 is 1.44 bits per heavy atom. The molecule has 1 aromatic heterocycles. The zero-order chi connectivity index (χ0) is 12.5. The second-order valence-corrected chi connectivity index (χ2v) is 4.23. The zero-order valence-corrected chi connectivity index (χ0v) is 9.84. The van der Waals surface area contributed by atoms with Crippen LogP contribution in [0.1, 0.15) is 11.3 Å². The molecule has 92 valence electrons. The number of nitrogens with one attached hydrogen (secondary N) is 1. The van der Waals surface area contributed by atoms with Gasteiger partial charge in [0.2, 0.25) is 0 Å². The van der Waals surface area contributed by atoms with E-state index in [0.29, 0.717) is 18.0 Å². The Hall–Kier alpha value is -2.30. The summed E-state index contributed by atoms with van der Waals surface area (Å²) in [4.78, 5) is 12.0. The smallest absolute Gasteiger partial charge is 0.267 e. The van der Waals surface area contributed by atoms with Crippen molar-refractivity contribution in [3.05, 3.63) is 41.7 Å². The topological polar surface area (TPSA) is 64.4 Å². The first-order chi connectivity index (χ1) is 8.72. The van der Waals surface area contributed by atoms with E-state index >= 15 is 0 Å². The first kappa shape index (κ1) is 10.8. The number of carbonyl (C=O) groups excluding carboxylic acids is 1. The van der Waals surface area contributed by atoms with Crippen LogP contribution in [0, 0.1) is 6.92 Å². The van der Waals surface area contributed by atoms with E-state index in [1.165, 1.54) is 0 Å². The molecule has 0 saturated heterocycles. The van der Waals surface area contributed by atoms with Crippen LogP contribution >= 0.6 is 0 Å². The monoisotopic (exact) mass is 244 g/mol. The van der Waals surface area contributed by atoms with Crippen molar-refractivity contribution in [1.82, 2.24) is 5.16 Å². The van der Waals surface area contributed by atoms with Crippen molar-refractivity contribution in [2.24, 2.45) is 0 Å². The molecule has 1 amide bonds. The Bertz CT molecular complexity index is 566. The third kappa shape index (κ3) is 1.95. The van der Waals surface area contributed by atoms with Gasteiger partial charge in [0.25, 0.3) is 5.91 Å². The molecule has 5 heteroatoms. The lowest BCUT2D eigenvalue weighted by molar-refractivity contribution is -0.122. The van der Waals surface area contributed by atoms with Gasteiger partial charge in [-0.3, -0.25) is 4.79 Å². The second-order valence-electron chi connectivity index (χ2n) is 4.23. The van der Waals surface area contributed by atoms with E-state index in [4.69, 9.17) is 9.26 Å². The average molecular weight is 244 g/mol. The van der Waals surface area contributed by atoms with Crippen LogP contribution in [0.3, 0.4) is 0 Å². The quantitative estimate of drug-likeness (QED) is 0.876. The van der Waals surface area contributed by atoms with Crippen LogP contribution in [0.15, 0.2) is 34.9 Å². The Balaban J connectivity index is 1.69. The highest BCUT2D eigenvalue weighted by Crippen LogP contribution is 2.28. The number of para-hydroxylation sites is 1. The number of hydrogen-bond donors (Lipinski definition) is 1. The van der Waals surface area contributed by atoms with Gasteiger partial charge < -0.3 is 14.6 Å². The number of carbonyl (C=O) groups is 1. The van der Waals surface area contributed by atoms with Crippen LogP contribution in [-0.4, -0.2) is 17.2 Å². The van der Waals surface area contributed by atoms with Crippen molar-refractivity contribution in [1.29, 1.82) is 0 Å². The standard InChI is InChI=1S/C13H12N2O3/c1-8-6-12(15-18-8)14-13(16)11-7-9-4-2-3-5-10(9)17-11/h2-6,11H,7H2,1H3,(H,14,15,16)/t11-/m1/s1. The second kappa shape index (κ2) is 4.18. The Morgan fingerprint density at radius 3 is 3.00 bits per heavy atom. The van der Waals surface area contributed by atoms with Gasteiger partial charge in [0, 0.05) is 12.5 Å². The molecule has 3 rings (SSSR count). The normalized spacial score (nSPS) is 17.1. The summed E-state index contributed by atoms with van der Waals surface area (Å²) in [6.45, 7) is 1.77. The number of rotatable bonds is 2. The van der Waals surface area contributed by atoms with Gasteiger partial charge in [0.05, 0.1) is 0 Å². The van der Waals surface area contributed by atoms with Crippen molar-refractivity contribution in [3.8, 4) is 5.75 Å². The lowest BCUT2D eigenvalue weighted by Crippen LogP contribution is -2.31. The van der Waals surface area contributed by atoms with Crippen molar-refractivity contribution in [3.63, 3.8) is 0 Å². The first-order valence-electron chi connectivity index (χ1n) is 5.71. The van der Waals surface area contributed by atoms with E-state index in [-0.39, 0.29) is 5.91 Å². The number of anilines is 1. The average Bonchev–Trinajstić information content (AvgIpc) is 2.95. The maximum absolute atomic E-state index is 12.0. The summed E-state index contributed by atoms with van der Waals surface area (Å²) in [5.41, 5.74) is 1.05. The molecular weight excluding hydrogens is 232 g/mol. The fourth-order valence-electron chi connectivity index (χ4n) is 1.96. The van der Waals surface area contributed by atoms with Crippen LogP contribution in [0.4, 0.5) is 5.82 Å². The number of aromatic nitrogens is 1. The minimum atomic E-state index is -0.501. The van der Waals surface area contributed by atoms with Crippen molar-refractivity contribution in [2.75, 3.05) is 5.32 Å². The highest BCUT2D eigenvalue weighted by molar-refractivity contribution is 5.94. The lowest BCUT2D eigenvalue weighted by Gasteiger charge is -2.08. The van der Waals surface area contributed by atoms with Crippen LogP contribution in [-0.2, 0) is 11.2 Å². The fraction of sp³-hybridized carbons (Fsp3) is 0.231. The molecule has 1 aromatic carbocycles. The first-order valence-corrected chi connectivity index (χ1v) is 5.71. The van der Waals surface area contributed by atoms with Crippen molar-refractivity contribution < 1.29 is 14.1 Å². The van der Waals surface area contributed by atoms with Gasteiger partial charge in [-0.1, -0.05) is 23.4 Å². The van der Waals surface area contributed by atoms with Gasteiger partial charge in [-0.15, -0.1) is 0 Å². The van der Waals surface area contributed by atoms with Crippen LogP contribution in [0.5, 0.6) is 5.75 Å². The molecule has 0 bridgehead atoms. The number of nitrogens with zero attached hydrogens (tertiary/aromatic N) is 1. The molecule has 1 N–H and O–H groups in total. The molecular formula is C13H12N2O3. The molecule has 0 unspecified atom stereocenters. The number of fused-ring (bicyclic) bond motifs is 1. The van der Waals surface area contributed by atoms with Gasteiger partial charge >= 0.3 is 0 Å². The van der Waals surface area contributed by atoms with E-state index in [1.807, 2.05) is 24.3 Å². The maximum Gasteiger partial charge on any atom is 0.267 e.